The molecular weight excluding hydrogens is 430 g/mol. The summed E-state index contributed by atoms with van der Waals surface area (Å²) in [6.45, 7) is 0. The van der Waals surface area contributed by atoms with Crippen LogP contribution >= 0.6 is 23.8 Å². The number of thiocarbonyl (C=S) groups is 1. The summed E-state index contributed by atoms with van der Waals surface area (Å²) < 4.78 is 2.00. The van der Waals surface area contributed by atoms with E-state index in [1.807, 2.05) is 70.3 Å². The van der Waals surface area contributed by atoms with E-state index in [1.165, 1.54) is 0 Å². The number of rotatable bonds is 4. The Labute approximate surface area is 189 Å². The van der Waals surface area contributed by atoms with Crippen LogP contribution in [0.4, 0.5) is 5.69 Å². The number of nitrogens with zero attached hydrogens (tertiary/aromatic N) is 4. The number of hydrogen-bond acceptors (Lipinski definition) is 4. The summed E-state index contributed by atoms with van der Waals surface area (Å²) in [6, 6.07) is 20.1. The van der Waals surface area contributed by atoms with Crippen LogP contribution in [0, 0.1) is 0 Å². The van der Waals surface area contributed by atoms with Crippen LogP contribution in [0.5, 0.6) is 5.75 Å². The lowest BCUT2D eigenvalue weighted by atomic mass is 10.0. The van der Waals surface area contributed by atoms with Gasteiger partial charge in [0.05, 0.1) is 22.4 Å². The van der Waals surface area contributed by atoms with Gasteiger partial charge in [0.1, 0.15) is 17.6 Å². The van der Waals surface area contributed by atoms with Crippen molar-refractivity contribution in [3.8, 4) is 11.6 Å². The molecule has 0 unspecified atom stereocenters. The molecular formula is C23H18ClN5OS. The Bertz CT molecular complexity index is 1230. The van der Waals surface area contributed by atoms with Gasteiger partial charge in [-0.25, -0.2) is 4.98 Å². The monoisotopic (exact) mass is 447 g/mol. The van der Waals surface area contributed by atoms with Gasteiger partial charge in [0, 0.05) is 24.3 Å². The minimum absolute atomic E-state index is 0.154. The molecule has 6 nitrogen and oxygen atoms in total. The molecule has 2 atom stereocenters. The number of phenols is 1. The first-order chi connectivity index (χ1) is 15.1. The van der Waals surface area contributed by atoms with Crippen molar-refractivity contribution in [3.63, 3.8) is 0 Å². The molecule has 31 heavy (non-hydrogen) atoms. The molecule has 5 rings (SSSR count). The van der Waals surface area contributed by atoms with Gasteiger partial charge < -0.3 is 19.9 Å². The van der Waals surface area contributed by atoms with Crippen LogP contribution in [0.1, 0.15) is 23.5 Å². The van der Waals surface area contributed by atoms with Crippen LogP contribution in [0.2, 0.25) is 5.02 Å². The van der Waals surface area contributed by atoms with E-state index in [2.05, 4.69) is 15.3 Å². The number of benzene rings is 1. The molecule has 0 radical (unpaired) electrons. The summed E-state index contributed by atoms with van der Waals surface area (Å²) in [5, 5.41) is 15.1. The normalized spacial score (nSPS) is 18.2. The molecule has 3 aromatic heterocycles. The van der Waals surface area contributed by atoms with Crippen LogP contribution in [0.25, 0.3) is 5.82 Å². The molecule has 1 aliphatic heterocycles. The highest BCUT2D eigenvalue weighted by Crippen LogP contribution is 2.44. The Morgan fingerprint density at radius 1 is 0.968 bits per heavy atom. The third-order valence-corrected chi connectivity index (χ3v) is 5.82. The minimum atomic E-state index is -0.275. The van der Waals surface area contributed by atoms with Crippen molar-refractivity contribution in [1.29, 1.82) is 0 Å². The fourth-order valence-corrected chi connectivity index (χ4v) is 4.39. The quantitative estimate of drug-likeness (QED) is 0.438. The van der Waals surface area contributed by atoms with Crippen molar-refractivity contribution < 1.29 is 5.11 Å². The maximum atomic E-state index is 10.6. The van der Waals surface area contributed by atoms with Crippen molar-refractivity contribution >= 4 is 34.6 Å². The maximum absolute atomic E-state index is 10.6. The Kier molecular flexibility index (Phi) is 5.05. The topological polar surface area (TPSA) is 66.2 Å². The average Bonchev–Trinajstić information content (AvgIpc) is 3.40. The van der Waals surface area contributed by atoms with Gasteiger partial charge in [0.25, 0.3) is 0 Å². The predicted octanol–water partition coefficient (Wildman–Crippen LogP) is 4.80. The fourth-order valence-electron chi connectivity index (χ4n) is 3.94. The molecule has 0 aliphatic carbocycles. The fraction of sp³-hybridized carbons (Fsp3) is 0.0870. The van der Waals surface area contributed by atoms with Gasteiger partial charge in [0.2, 0.25) is 0 Å². The van der Waals surface area contributed by atoms with E-state index >= 15 is 0 Å². The zero-order valence-corrected chi connectivity index (χ0v) is 17.8. The summed E-state index contributed by atoms with van der Waals surface area (Å²) in [6.07, 6.45) is 5.33. The number of nitrogens with one attached hydrogen (secondary N) is 1. The van der Waals surface area contributed by atoms with E-state index in [9.17, 15) is 5.11 Å². The standard InChI is InChI=1S/C23H18ClN5OS/c24-15-10-11-20(26-14-15)28-13-5-8-18(28)22-21(16-6-3-4-12-25-16)27-23(31)29(22)17-7-1-2-9-19(17)30/h1-14,21-22,30H,(H,27,31)/t21-,22+/m1/s1. The maximum Gasteiger partial charge on any atom is 0.174 e. The molecule has 1 fully saturated rings. The lowest BCUT2D eigenvalue weighted by Crippen LogP contribution is -2.30. The molecule has 1 saturated heterocycles. The van der Waals surface area contributed by atoms with Crippen LogP contribution < -0.4 is 10.2 Å². The van der Waals surface area contributed by atoms with Crippen LogP contribution in [0.3, 0.4) is 0 Å². The Morgan fingerprint density at radius 3 is 2.55 bits per heavy atom. The molecule has 8 heteroatoms. The molecule has 4 aromatic rings. The van der Waals surface area contributed by atoms with E-state index in [0.717, 1.165) is 17.2 Å². The number of hydrogen-bond donors (Lipinski definition) is 2. The minimum Gasteiger partial charge on any atom is -0.506 e. The van der Waals surface area contributed by atoms with E-state index < -0.39 is 0 Å². The SMILES string of the molecule is Oc1ccccc1N1C(=S)N[C@H](c2ccccn2)[C@@H]1c1cccn1-c1ccc(Cl)cn1. The van der Waals surface area contributed by atoms with Gasteiger partial charge in [-0.15, -0.1) is 0 Å². The van der Waals surface area contributed by atoms with Crippen molar-refractivity contribution in [3.05, 3.63) is 102 Å². The first-order valence-electron chi connectivity index (χ1n) is 9.71. The van der Waals surface area contributed by atoms with Crippen molar-refractivity contribution in [1.82, 2.24) is 19.9 Å². The number of anilines is 1. The van der Waals surface area contributed by atoms with Gasteiger partial charge in [-0.3, -0.25) is 4.98 Å². The molecule has 0 spiro atoms. The van der Waals surface area contributed by atoms with Crippen molar-refractivity contribution in [2.45, 2.75) is 12.1 Å². The number of para-hydroxylation sites is 2. The lowest BCUT2D eigenvalue weighted by molar-refractivity contribution is 0.472. The largest absolute Gasteiger partial charge is 0.506 e. The summed E-state index contributed by atoms with van der Waals surface area (Å²) in [4.78, 5) is 11.0. The number of halogens is 1. The Morgan fingerprint density at radius 2 is 1.81 bits per heavy atom. The number of aromatic nitrogens is 3. The van der Waals surface area contributed by atoms with E-state index in [4.69, 9.17) is 23.8 Å². The predicted molar refractivity (Wildman–Crippen MR) is 125 cm³/mol. The van der Waals surface area contributed by atoms with Gasteiger partial charge in [-0.2, -0.15) is 0 Å². The van der Waals surface area contributed by atoms with Gasteiger partial charge in [-0.1, -0.05) is 29.8 Å². The highest BCUT2D eigenvalue weighted by molar-refractivity contribution is 7.80. The molecule has 0 saturated carbocycles. The van der Waals surface area contributed by atoms with E-state index in [-0.39, 0.29) is 17.8 Å². The van der Waals surface area contributed by atoms with Crippen molar-refractivity contribution in [2.24, 2.45) is 0 Å². The second-order valence-electron chi connectivity index (χ2n) is 7.12. The summed E-state index contributed by atoms with van der Waals surface area (Å²) in [5.74, 6) is 0.889. The summed E-state index contributed by atoms with van der Waals surface area (Å²) in [5.41, 5.74) is 2.42. The molecule has 4 heterocycles. The molecule has 2 N–H and O–H groups in total. The van der Waals surface area contributed by atoms with Crippen LogP contribution in [-0.4, -0.2) is 24.8 Å². The highest BCUT2D eigenvalue weighted by Gasteiger charge is 2.43. The molecule has 154 valence electrons. The second-order valence-corrected chi connectivity index (χ2v) is 7.95. The zero-order chi connectivity index (χ0) is 21.4. The highest BCUT2D eigenvalue weighted by atomic mass is 35.5. The molecule has 0 bridgehead atoms. The first kappa shape index (κ1) is 19.5. The van der Waals surface area contributed by atoms with Gasteiger partial charge in [0.15, 0.2) is 5.11 Å². The average molecular weight is 448 g/mol. The van der Waals surface area contributed by atoms with Gasteiger partial charge >= 0.3 is 0 Å². The van der Waals surface area contributed by atoms with E-state index in [0.29, 0.717) is 15.8 Å². The number of aromatic hydroxyl groups is 1. The van der Waals surface area contributed by atoms with E-state index in [1.54, 1.807) is 24.5 Å². The zero-order valence-electron chi connectivity index (χ0n) is 16.3. The summed E-state index contributed by atoms with van der Waals surface area (Å²) >= 11 is 11.8. The number of pyridine rings is 2. The summed E-state index contributed by atoms with van der Waals surface area (Å²) in [7, 11) is 0. The molecule has 1 aromatic carbocycles. The second kappa shape index (κ2) is 8.02. The first-order valence-corrected chi connectivity index (χ1v) is 10.5. The Balaban J connectivity index is 1.68. The molecule has 1 aliphatic rings. The third-order valence-electron chi connectivity index (χ3n) is 5.28. The van der Waals surface area contributed by atoms with Crippen molar-refractivity contribution in [2.75, 3.05) is 4.90 Å². The van der Waals surface area contributed by atoms with Crippen LogP contribution in [0.15, 0.2) is 85.3 Å². The Hall–Kier alpha value is -3.42. The number of phenolic OH excluding ortho intramolecular Hbond substituents is 1. The molecule has 0 amide bonds. The van der Waals surface area contributed by atoms with Gasteiger partial charge in [-0.05, 0) is 60.7 Å². The third kappa shape index (κ3) is 3.52. The smallest absolute Gasteiger partial charge is 0.174 e. The van der Waals surface area contributed by atoms with Crippen LogP contribution in [-0.2, 0) is 0 Å². The lowest BCUT2D eigenvalue weighted by Gasteiger charge is -2.29.